The van der Waals surface area contributed by atoms with Crippen LogP contribution < -0.4 is 10.2 Å². The van der Waals surface area contributed by atoms with Crippen LogP contribution in [0.2, 0.25) is 0 Å². The van der Waals surface area contributed by atoms with Gasteiger partial charge in [0.25, 0.3) is 6.04 Å². The van der Waals surface area contributed by atoms with E-state index in [2.05, 4.69) is 20.3 Å². The van der Waals surface area contributed by atoms with Gasteiger partial charge in [0.15, 0.2) is 0 Å². The molecule has 9 nitrogen and oxygen atoms in total. The second kappa shape index (κ2) is 9.12. The lowest BCUT2D eigenvalue weighted by molar-refractivity contribution is -0.501. The predicted octanol–water partition coefficient (Wildman–Crippen LogP) is 3.75. The van der Waals surface area contributed by atoms with E-state index in [0.717, 1.165) is 11.3 Å². The van der Waals surface area contributed by atoms with Crippen molar-refractivity contribution in [3.63, 3.8) is 0 Å². The van der Waals surface area contributed by atoms with Crippen molar-refractivity contribution in [3.8, 4) is 0 Å². The van der Waals surface area contributed by atoms with Gasteiger partial charge in [0.1, 0.15) is 5.71 Å². The van der Waals surface area contributed by atoms with Gasteiger partial charge < -0.3 is 10.2 Å². The Morgan fingerprint density at radius 1 is 1.06 bits per heavy atom. The largest absolute Gasteiger partial charge is 0.357 e. The second-order valence-corrected chi connectivity index (χ2v) is 7.06. The van der Waals surface area contributed by atoms with Crippen molar-refractivity contribution in [2.24, 2.45) is 4.99 Å². The van der Waals surface area contributed by atoms with Crippen LogP contribution in [0.1, 0.15) is 18.0 Å². The number of nitrogens with zero attached hydrogens (tertiary/aromatic N) is 5. The fourth-order valence-electron chi connectivity index (χ4n) is 3.68. The number of nitro groups is 1. The summed E-state index contributed by atoms with van der Waals surface area (Å²) in [6.45, 7) is 0.0928. The number of pyridine rings is 2. The quantitative estimate of drug-likeness (QED) is 0.512. The molecule has 9 heteroatoms. The van der Waals surface area contributed by atoms with Crippen LogP contribution in [0.3, 0.4) is 0 Å². The van der Waals surface area contributed by atoms with Gasteiger partial charge in [0.05, 0.1) is 24.5 Å². The highest BCUT2D eigenvalue weighted by molar-refractivity contribution is 6.03. The monoisotopic (exact) mass is 416 g/mol. The number of carbonyl (C=O) groups is 1. The van der Waals surface area contributed by atoms with Crippen LogP contribution in [-0.4, -0.2) is 39.2 Å². The molecule has 1 N–H and O–H groups in total. The molecule has 1 fully saturated rings. The summed E-state index contributed by atoms with van der Waals surface area (Å²) in [5.74, 6) is 0. The van der Waals surface area contributed by atoms with E-state index in [0.29, 0.717) is 5.69 Å². The van der Waals surface area contributed by atoms with Gasteiger partial charge in [-0.25, -0.2) is 4.79 Å². The van der Waals surface area contributed by atoms with E-state index in [9.17, 15) is 14.9 Å². The standard InChI is InChI=1S/C22H20N6O3/c29-22(25-17-7-4-10-24-14-17)26-19-13-20(16-5-2-1-3-6-16)27(15-21(19)28(30)31)18-8-11-23-12-9-18/h1-12,14,20-21H,13,15H2,(H,25,29). The molecule has 1 aliphatic heterocycles. The first-order valence-electron chi connectivity index (χ1n) is 9.75. The van der Waals surface area contributed by atoms with E-state index in [1.165, 1.54) is 6.20 Å². The van der Waals surface area contributed by atoms with Gasteiger partial charge in [-0.05, 0) is 29.8 Å². The molecule has 0 aliphatic carbocycles. The van der Waals surface area contributed by atoms with Crippen molar-refractivity contribution in [1.82, 2.24) is 9.97 Å². The highest BCUT2D eigenvalue weighted by Gasteiger charge is 2.40. The third-order valence-corrected chi connectivity index (χ3v) is 5.12. The van der Waals surface area contributed by atoms with E-state index in [-0.39, 0.29) is 29.6 Å². The number of amides is 2. The summed E-state index contributed by atoms with van der Waals surface area (Å²) >= 11 is 0. The van der Waals surface area contributed by atoms with E-state index in [1.807, 2.05) is 47.4 Å². The van der Waals surface area contributed by atoms with Gasteiger partial charge in [-0.2, -0.15) is 4.99 Å². The molecule has 2 atom stereocenters. The molecule has 4 rings (SSSR count). The molecule has 1 saturated heterocycles. The molecule has 2 aromatic heterocycles. The maximum Gasteiger partial charge on any atom is 0.345 e. The van der Waals surface area contributed by atoms with E-state index in [1.54, 1.807) is 30.7 Å². The summed E-state index contributed by atoms with van der Waals surface area (Å²) in [6, 6.07) is 14.7. The van der Waals surface area contributed by atoms with Gasteiger partial charge in [-0.1, -0.05) is 30.3 Å². The number of rotatable bonds is 4. The Bertz CT molecular complexity index is 1080. The molecule has 1 aromatic carbocycles. The van der Waals surface area contributed by atoms with Gasteiger partial charge in [-0.3, -0.25) is 20.1 Å². The van der Waals surface area contributed by atoms with Crippen molar-refractivity contribution >= 4 is 23.1 Å². The molecule has 156 valence electrons. The minimum absolute atomic E-state index is 0.0928. The Morgan fingerprint density at radius 3 is 2.52 bits per heavy atom. The van der Waals surface area contributed by atoms with Crippen molar-refractivity contribution in [2.75, 3.05) is 16.8 Å². The zero-order valence-electron chi connectivity index (χ0n) is 16.5. The number of benzene rings is 1. The zero-order chi connectivity index (χ0) is 21.6. The van der Waals surface area contributed by atoms with Gasteiger partial charge >= 0.3 is 6.03 Å². The first-order chi connectivity index (χ1) is 15.1. The van der Waals surface area contributed by atoms with Crippen LogP contribution in [0.25, 0.3) is 0 Å². The molecule has 2 amide bonds. The number of anilines is 2. The van der Waals surface area contributed by atoms with Gasteiger partial charge in [0, 0.05) is 35.6 Å². The molecule has 3 aromatic rings. The van der Waals surface area contributed by atoms with Crippen LogP contribution in [0.15, 0.2) is 84.4 Å². The summed E-state index contributed by atoms with van der Waals surface area (Å²) in [7, 11) is 0. The first kappa shape index (κ1) is 20.1. The average molecular weight is 416 g/mol. The topological polar surface area (TPSA) is 114 Å². The first-order valence-corrected chi connectivity index (χ1v) is 9.75. The highest BCUT2D eigenvalue weighted by atomic mass is 16.6. The molecule has 0 radical (unpaired) electrons. The summed E-state index contributed by atoms with van der Waals surface area (Å²) in [4.78, 5) is 38.0. The molecule has 0 spiro atoms. The van der Waals surface area contributed by atoms with E-state index >= 15 is 0 Å². The second-order valence-electron chi connectivity index (χ2n) is 7.06. The Labute approximate surface area is 178 Å². The fourth-order valence-corrected chi connectivity index (χ4v) is 3.68. The lowest BCUT2D eigenvalue weighted by Crippen LogP contribution is -2.50. The predicted molar refractivity (Wildman–Crippen MR) is 117 cm³/mol. The number of aliphatic imine (C=N–C) groups is 1. The van der Waals surface area contributed by atoms with E-state index < -0.39 is 12.1 Å². The van der Waals surface area contributed by atoms with Crippen LogP contribution in [0, 0.1) is 10.1 Å². The minimum atomic E-state index is -1.10. The number of nitrogens with one attached hydrogen (secondary N) is 1. The maximum atomic E-state index is 12.5. The Kier molecular flexibility index (Phi) is 5.93. The average Bonchev–Trinajstić information content (AvgIpc) is 2.80. The summed E-state index contributed by atoms with van der Waals surface area (Å²) in [6.07, 6.45) is 6.64. The molecule has 1 aliphatic rings. The number of carbonyl (C=O) groups excluding carboxylic acids is 1. The SMILES string of the molecule is O=C(N=C1CC(c2ccccc2)N(c2ccncc2)CC1[N+](=O)[O-])Nc1cccnc1. The number of hydrogen-bond donors (Lipinski definition) is 1. The minimum Gasteiger partial charge on any atom is -0.357 e. The van der Waals surface area contributed by atoms with Crippen LogP contribution in [0.4, 0.5) is 16.2 Å². The molecule has 0 saturated carbocycles. The summed E-state index contributed by atoms with van der Waals surface area (Å²) in [5, 5.41) is 14.5. The Hall–Kier alpha value is -4.14. The van der Waals surface area contributed by atoms with Crippen molar-refractivity contribution < 1.29 is 9.72 Å². The molecule has 2 unspecified atom stereocenters. The van der Waals surface area contributed by atoms with Gasteiger partial charge in [0.2, 0.25) is 0 Å². The number of aromatic nitrogens is 2. The third kappa shape index (κ3) is 4.72. The molecule has 3 heterocycles. The van der Waals surface area contributed by atoms with Gasteiger partial charge in [-0.15, -0.1) is 0 Å². The lowest BCUT2D eigenvalue weighted by Gasteiger charge is -2.39. The smallest absolute Gasteiger partial charge is 0.345 e. The van der Waals surface area contributed by atoms with Crippen LogP contribution >= 0.6 is 0 Å². The lowest BCUT2D eigenvalue weighted by atomic mass is 9.90. The molecular formula is C22H20N6O3. The molecule has 0 bridgehead atoms. The zero-order valence-corrected chi connectivity index (χ0v) is 16.5. The summed E-state index contributed by atoms with van der Waals surface area (Å²) in [5.41, 5.74) is 2.53. The number of urea groups is 1. The number of piperidine rings is 1. The van der Waals surface area contributed by atoms with Crippen molar-refractivity contribution in [2.45, 2.75) is 18.5 Å². The fraction of sp³-hybridized carbons (Fsp3) is 0.182. The summed E-state index contributed by atoms with van der Waals surface area (Å²) < 4.78 is 0. The third-order valence-electron chi connectivity index (χ3n) is 5.12. The molecular weight excluding hydrogens is 396 g/mol. The van der Waals surface area contributed by atoms with Crippen molar-refractivity contribution in [1.29, 1.82) is 0 Å². The molecule has 31 heavy (non-hydrogen) atoms. The van der Waals surface area contributed by atoms with E-state index in [4.69, 9.17) is 0 Å². The van der Waals surface area contributed by atoms with Crippen LogP contribution in [0.5, 0.6) is 0 Å². The highest BCUT2D eigenvalue weighted by Crippen LogP contribution is 2.34. The maximum absolute atomic E-state index is 12.5. The number of hydrogen-bond acceptors (Lipinski definition) is 6. The Balaban J connectivity index is 1.67. The normalized spacial score (nSPS) is 19.7. The van der Waals surface area contributed by atoms with Crippen LogP contribution in [-0.2, 0) is 0 Å². The van der Waals surface area contributed by atoms with Crippen molar-refractivity contribution in [3.05, 3.63) is 95.1 Å². The Morgan fingerprint density at radius 2 is 1.84 bits per heavy atom.